The van der Waals surface area contributed by atoms with Gasteiger partial charge in [0.15, 0.2) is 0 Å². The SMILES string of the molecule is C=CCNC(=O)c1ccnc(C(=O)Nc2ccc(CC)cc2)c1. The van der Waals surface area contributed by atoms with E-state index in [-0.39, 0.29) is 17.5 Å². The molecule has 0 aliphatic carbocycles. The molecule has 2 N–H and O–H groups in total. The number of nitrogens with one attached hydrogen (secondary N) is 2. The van der Waals surface area contributed by atoms with Crippen LogP contribution in [0.1, 0.15) is 33.3 Å². The van der Waals surface area contributed by atoms with Gasteiger partial charge in [0.05, 0.1) is 0 Å². The van der Waals surface area contributed by atoms with Gasteiger partial charge < -0.3 is 10.6 Å². The van der Waals surface area contributed by atoms with Crippen LogP contribution in [0.3, 0.4) is 0 Å². The topological polar surface area (TPSA) is 71.1 Å². The summed E-state index contributed by atoms with van der Waals surface area (Å²) >= 11 is 0. The predicted octanol–water partition coefficient (Wildman–Crippen LogP) is 2.81. The van der Waals surface area contributed by atoms with Crippen molar-refractivity contribution < 1.29 is 9.59 Å². The molecule has 0 aliphatic heterocycles. The van der Waals surface area contributed by atoms with E-state index in [2.05, 4.69) is 29.1 Å². The maximum Gasteiger partial charge on any atom is 0.274 e. The number of aromatic nitrogens is 1. The molecular formula is C18H19N3O2. The van der Waals surface area contributed by atoms with E-state index in [4.69, 9.17) is 0 Å². The van der Waals surface area contributed by atoms with Gasteiger partial charge in [0.25, 0.3) is 11.8 Å². The van der Waals surface area contributed by atoms with Crippen molar-refractivity contribution in [3.8, 4) is 0 Å². The molecule has 1 aromatic carbocycles. The van der Waals surface area contributed by atoms with Gasteiger partial charge in [0.1, 0.15) is 5.69 Å². The number of aryl methyl sites for hydroxylation is 1. The molecule has 5 heteroatoms. The molecule has 118 valence electrons. The second kappa shape index (κ2) is 7.89. The summed E-state index contributed by atoms with van der Waals surface area (Å²) in [6, 6.07) is 10.6. The van der Waals surface area contributed by atoms with Gasteiger partial charge >= 0.3 is 0 Å². The minimum atomic E-state index is -0.354. The van der Waals surface area contributed by atoms with Gasteiger partial charge in [0.2, 0.25) is 0 Å². The van der Waals surface area contributed by atoms with Gasteiger partial charge in [-0.1, -0.05) is 25.1 Å². The third-order valence-electron chi connectivity index (χ3n) is 3.28. The van der Waals surface area contributed by atoms with E-state index >= 15 is 0 Å². The van der Waals surface area contributed by atoms with Crippen LogP contribution in [0, 0.1) is 0 Å². The Balaban J connectivity index is 2.09. The van der Waals surface area contributed by atoms with E-state index in [0.717, 1.165) is 6.42 Å². The van der Waals surface area contributed by atoms with Crippen LogP contribution in [0.4, 0.5) is 5.69 Å². The van der Waals surface area contributed by atoms with E-state index < -0.39 is 0 Å². The Labute approximate surface area is 135 Å². The Morgan fingerprint density at radius 3 is 2.57 bits per heavy atom. The lowest BCUT2D eigenvalue weighted by atomic mass is 10.1. The highest BCUT2D eigenvalue weighted by Gasteiger charge is 2.11. The number of hydrogen-bond donors (Lipinski definition) is 2. The average Bonchev–Trinajstić information content (AvgIpc) is 2.60. The van der Waals surface area contributed by atoms with Gasteiger partial charge in [-0.25, -0.2) is 0 Å². The van der Waals surface area contributed by atoms with Crippen molar-refractivity contribution in [3.63, 3.8) is 0 Å². The molecule has 0 aliphatic rings. The summed E-state index contributed by atoms with van der Waals surface area (Å²) in [7, 11) is 0. The smallest absolute Gasteiger partial charge is 0.274 e. The summed E-state index contributed by atoms with van der Waals surface area (Å²) in [4.78, 5) is 28.1. The summed E-state index contributed by atoms with van der Waals surface area (Å²) in [5.41, 5.74) is 2.46. The molecule has 2 amide bonds. The number of amides is 2. The largest absolute Gasteiger partial charge is 0.349 e. The van der Waals surface area contributed by atoms with E-state index in [1.165, 1.54) is 17.8 Å². The van der Waals surface area contributed by atoms with E-state index in [9.17, 15) is 9.59 Å². The number of rotatable bonds is 6. The standard InChI is InChI=1S/C18H19N3O2/c1-3-10-20-17(22)14-9-11-19-16(12-14)18(23)21-15-7-5-13(4-2)6-8-15/h3,5-9,11-12H,1,4,10H2,2H3,(H,20,22)(H,21,23). The molecular weight excluding hydrogens is 290 g/mol. The van der Waals surface area contributed by atoms with Gasteiger partial charge in [-0.3, -0.25) is 14.6 Å². The number of anilines is 1. The Morgan fingerprint density at radius 1 is 1.17 bits per heavy atom. The van der Waals surface area contributed by atoms with Crippen LogP contribution in [0.15, 0.2) is 55.3 Å². The van der Waals surface area contributed by atoms with Crippen molar-refractivity contribution in [3.05, 3.63) is 72.1 Å². The summed E-state index contributed by atoms with van der Waals surface area (Å²) in [5.74, 6) is -0.624. The monoisotopic (exact) mass is 309 g/mol. The highest BCUT2D eigenvalue weighted by Crippen LogP contribution is 2.11. The average molecular weight is 309 g/mol. The first-order valence-electron chi connectivity index (χ1n) is 7.39. The maximum absolute atomic E-state index is 12.2. The zero-order valence-electron chi connectivity index (χ0n) is 13.0. The fourth-order valence-corrected chi connectivity index (χ4v) is 1.98. The second-order valence-electron chi connectivity index (χ2n) is 4.93. The minimum Gasteiger partial charge on any atom is -0.349 e. The molecule has 0 radical (unpaired) electrons. The fraction of sp³-hybridized carbons (Fsp3) is 0.167. The highest BCUT2D eigenvalue weighted by atomic mass is 16.2. The number of carbonyl (C=O) groups excluding carboxylic acids is 2. The molecule has 1 aromatic heterocycles. The Morgan fingerprint density at radius 2 is 1.91 bits per heavy atom. The van der Waals surface area contributed by atoms with Crippen molar-refractivity contribution in [1.29, 1.82) is 0 Å². The molecule has 0 fully saturated rings. The van der Waals surface area contributed by atoms with Crippen LogP contribution in [0.25, 0.3) is 0 Å². The molecule has 23 heavy (non-hydrogen) atoms. The molecule has 5 nitrogen and oxygen atoms in total. The van der Waals surface area contributed by atoms with E-state index in [1.54, 1.807) is 12.1 Å². The third-order valence-corrected chi connectivity index (χ3v) is 3.28. The summed E-state index contributed by atoms with van der Waals surface area (Å²) in [5, 5.41) is 5.43. The van der Waals surface area contributed by atoms with Crippen LogP contribution in [0.5, 0.6) is 0 Å². The number of hydrogen-bond acceptors (Lipinski definition) is 3. The van der Waals surface area contributed by atoms with Crippen LogP contribution in [0.2, 0.25) is 0 Å². The van der Waals surface area contributed by atoms with Crippen molar-refractivity contribution in [2.45, 2.75) is 13.3 Å². The molecule has 0 saturated heterocycles. The van der Waals surface area contributed by atoms with Crippen LogP contribution in [-0.2, 0) is 6.42 Å². The fourth-order valence-electron chi connectivity index (χ4n) is 1.98. The zero-order valence-corrected chi connectivity index (χ0v) is 13.0. The Bertz CT molecular complexity index is 708. The molecule has 2 rings (SSSR count). The maximum atomic E-state index is 12.2. The molecule has 1 heterocycles. The predicted molar refractivity (Wildman–Crippen MR) is 90.5 cm³/mol. The molecule has 0 unspecified atom stereocenters. The van der Waals surface area contributed by atoms with Gasteiger partial charge in [-0.05, 0) is 36.2 Å². The quantitative estimate of drug-likeness (QED) is 0.806. The molecule has 0 saturated carbocycles. The van der Waals surface area contributed by atoms with Gasteiger partial charge in [-0.2, -0.15) is 0 Å². The first-order valence-corrected chi connectivity index (χ1v) is 7.39. The van der Waals surface area contributed by atoms with E-state index in [0.29, 0.717) is 17.8 Å². The van der Waals surface area contributed by atoms with Crippen molar-refractivity contribution in [1.82, 2.24) is 10.3 Å². The van der Waals surface area contributed by atoms with E-state index in [1.807, 2.05) is 24.3 Å². The first kappa shape index (κ1) is 16.4. The molecule has 0 atom stereocenters. The third kappa shape index (κ3) is 4.51. The van der Waals surface area contributed by atoms with Crippen LogP contribution >= 0.6 is 0 Å². The highest BCUT2D eigenvalue weighted by molar-refractivity contribution is 6.04. The van der Waals surface area contributed by atoms with Gasteiger partial charge in [0, 0.05) is 24.0 Å². The lowest BCUT2D eigenvalue weighted by Gasteiger charge is -2.07. The lowest BCUT2D eigenvalue weighted by molar-refractivity contribution is 0.0958. The summed E-state index contributed by atoms with van der Waals surface area (Å²) in [6.07, 6.45) is 3.97. The lowest BCUT2D eigenvalue weighted by Crippen LogP contribution is -2.24. The summed E-state index contributed by atoms with van der Waals surface area (Å²) < 4.78 is 0. The van der Waals surface area contributed by atoms with Crippen LogP contribution < -0.4 is 10.6 Å². The molecule has 0 spiro atoms. The number of benzene rings is 1. The molecule has 0 bridgehead atoms. The zero-order chi connectivity index (χ0) is 16.7. The van der Waals surface area contributed by atoms with Crippen LogP contribution in [-0.4, -0.2) is 23.3 Å². The first-order chi connectivity index (χ1) is 11.1. The number of pyridine rings is 1. The van der Waals surface area contributed by atoms with Crippen molar-refractivity contribution in [2.75, 3.05) is 11.9 Å². The Hall–Kier alpha value is -2.95. The Kier molecular flexibility index (Phi) is 5.63. The van der Waals surface area contributed by atoms with Crippen molar-refractivity contribution in [2.24, 2.45) is 0 Å². The number of carbonyl (C=O) groups is 2. The van der Waals surface area contributed by atoms with Gasteiger partial charge in [-0.15, -0.1) is 6.58 Å². The number of nitrogens with zero attached hydrogens (tertiary/aromatic N) is 1. The molecule has 2 aromatic rings. The summed E-state index contributed by atoms with van der Waals surface area (Å²) in [6.45, 7) is 5.98. The minimum absolute atomic E-state index is 0.191. The van der Waals surface area contributed by atoms with Crippen molar-refractivity contribution >= 4 is 17.5 Å². The second-order valence-corrected chi connectivity index (χ2v) is 4.93. The normalized spacial score (nSPS) is 9.96.